The molecule has 0 saturated heterocycles. The Hall–Kier alpha value is -1.46. The van der Waals surface area contributed by atoms with Crippen LogP contribution in [0.4, 0.5) is 4.39 Å². The Bertz CT molecular complexity index is 449. The third-order valence-electron chi connectivity index (χ3n) is 2.99. The average molecular weight is 269 g/mol. The first-order valence-corrected chi connectivity index (χ1v) is 6.23. The topological polar surface area (TPSA) is 49.8 Å². The molecule has 0 unspecified atom stereocenters. The molecular formula is C14H20FNO3. The molecule has 0 spiro atoms. The number of nitrogens with zero attached hydrogens (tertiary/aromatic N) is 1. The summed E-state index contributed by atoms with van der Waals surface area (Å²) in [5, 5.41) is 10.0. The molecule has 0 aliphatic carbocycles. The number of ether oxygens (including phenoxy) is 1. The Morgan fingerprint density at radius 1 is 1.47 bits per heavy atom. The molecule has 19 heavy (non-hydrogen) atoms. The first-order chi connectivity index (χ1) is 8.99. The molecule has 5 heteroatoms. The van der Waals surface area contributed by atoms with E-state index < -0.39 is 5.82 Å². The van der Waals surface area contributed by atoms with Crippen LogP contribution in [0.5, 0.6) is 5.75 Å². The van der Waals surface area contributed by atoms with Gasteiger partial charge in [-0.3, -0.25) is 9.69 Å². The van der Waals surface area contributed by atoms with Crippen LogP contribution in [0.2, 0.25) is 0 Å². The number of phenolic OH excluding ortho intramolecular Hbond substituents is 1. The molecule has 1 aromatic rings. The molecule has 1 N–H and O–H groups in total. The van der Waals surface area contributed by atoms with Gasteiger partial charge in [0.15, 0.2) is 5.78 Å². The number of likely N-dealkylation sites (N-methyl/N-ethyl adjacent to an activating group) is 1. The molecule has 0 aromatic heterocycles. The Labute approximate surface area is 112 Å². The molecule has 1 rings (SSSR count). The summed E-state index contributed by atoms with van der Waals surface area (Å²) in [7, 11) is 1.61. The van der Waals surface area contributed by atoms with Gasteiger partial charge < -0.3 is 9.84 Å². The molecule has 0 aliphatic rings. The number of Topliss-reactive ketones (excluding diaryl/α,β-unsaturated/α-hetero) is 1. The number of carbonyl (C=O) groups excluding carboxylic acids is 1. The van der Waals surface area contributed by atoms with Crippen LogP contribution in [-0.4, -0.2) is 42.6 Å². The maximum absolute atomic E-state index is 13.5. The molecule has 0 heterocycles. The highest BCUT2D eigenvalue weighted by atomic mass is 19.1. The van der Waals surface area contributed by atoms with Gasteiger partial charge in [-0.25, -0.2) is 4.39 Å². The van der Waals surface area contributed by atoms with Crippen LogP contribution in [-0.2, 0) is 11.3 Å². The number of carbonyl (C=O) groups is 1. The van der Waals surface area contributed by atoms with Crippen molar-refractivity contribution in [2.75, 3.05) is 26.8 Å². The van der Waals surface area contributed by atoms with Gasteiger partial charge in [-0.2, -0.15) is 0 Å². The molecule has 0 saturated carbocycles. The second kappa shape index (κ2) is 7.21. The van der Waals surface area contributed by atoms with Crippen molar-refractivity contribution in [3.8, 4) is 5.75 Å². The predicted molar refractivity (Wildman–Crippen MR) is 70.9 cm³/mol. The van der Waals surface area contributed by atoms with E-state index in [-0.39, 0.29) is 17.1 Å². The molecule has 0 fully saturated rings. The molecule has 4 nitrogen and oxygen atoms in total. The number of ketones is 1. The van der Waals surface area contributed by atoms with E-state index in [4.69, 9.17) is 4.74 Å². The largest absolute Gasteiger partial charge is 0.507 e. The van der Waals surface area contributed by atoms with Crippen LogP contribution in [0.3, 0.4) is 0 Å². The summed E-state index contributed by atoms with van der Waals surface area (Å²) in [6.07, 6.45) is 0. The van der Waals surface area contributed by atoms with Crippen molar-refractivity contribution in [1.82, 2.24) is 4.90 Å². The summed E-state index contributed by atoms with van der Waals surface area (Å²) in [5.74, 6) is -0.997. The molecule has 1 aromatic carbocycles. The average Bonchev–Trinajstić information content (AvgIpc) is 2.37. The van der Waals surface area contributed by atoms with Crippen LogP contribution in [0.15, 0.2) is 12.1 Å². The minimum absolute atomic E-state index is 0.0257. The van der Waals surface area contributed by atoms with E-state index in [1.165, 1.54) is 13.0 Å². The van der Waals surface area contributed by atoms with Crippen molar-refractivity contribution < 1.29 is 19.0 Å². The summed E-state index contributed by atoms with van der Waals surface area (Å²) < 4.78 is 18.5. The van der Waals surface area contributed by atoms with Gasteiger partial charge in [-0.1, -0.05) is 6.92 Å². The molecule has 0 atom stereocenters. The minimum Gasteiger partial charge on any atom is -0.507 e. The summed E-state index contributed by atoms with van der Waals surface area (Å²) in [6.45, 7) is 5.64. The van der Waals surface area contributed by atoms with Gasteiger partial charge in [0.05, 0.1) is 12.2 Å². The number of hydrogen-bond acceptors (Lipinski definition) is 4. The fourth-order valence-electron chi connectivity index (χ4n) is 1.85. The van der Waals surface area contributed by atoms with Gasteiger partial charge in [0.25, 0.3) is 0 Å². The Morgan fingerprint density at radius 3 is 2.68 bits per heavy atom. The van der Waals surface area contributed by atoms with Crippen LogP contribution in [0.1, 0.15) is 29.8 Å². The zero-order valence-corrected chi connectivity index (χ0v) is 11.6. The third-order valence-corrected chi connectivity index (χ3v) is 2.99. The summed E-state index contributed by atoms with van der Waals surface area (Å²) in [5.41, 5.74) is 0.445. The highest BCUT2D eigenvalue weighted by Crippen LogP contribution is 2.26. The molecule has 0 bridgehead atoms. The quantitative estimate of drug-likeness (QED) is 0.771. The van der Waals surface area contributed by atoms with Crippen molar-refractivity contribution in [3.63, 3.8) is 0 Å². The van der Waals surface area contributed by atoms with E-state index in [1.807, 2.05) is 11.8 Å². The SMILES string of the molecule is CCN(CCOC)Cc1cc(F)cc(C(C)=O)c1O. The summed E-state index contributed by atoms with van der Waals surface area (Å²) in [4.78, 5) is 13.3. The van der Waals surface area contributed by atoms with Gasteiger partial charge in [0.1, 0.15) is 11.6 Å². The normalized spacial score (nSPS) is 11.0. The zero-order valence-electron chi connectivity index (χ0n) is 11.6. The van der Waals surface area contributed by atoms with Crippen LogP contribution >= 0.6 is 0 Å². The fourth-order valence-corrected chi connectivity index (χ4v) is 1.85. The van der Waals surface area contributed by atoms with Crippen molar-refractivity contribution in [2.24, 2.45) is 0 Å². The number of aromatic hydroxyl groups is 1. The van der Waals surface area contributed by atoms with E-state index in [0.717, 1.165) is 12.6 Å². The van der Waals surface area contributed by atoms with E-state index in [0.29, 0.717) is 25.3 Å². The Kier molecular flexibility index (Phi) is 5.92. The van der Waals surface area contributed by atoms with E-state index in [1.54, 1.807) is 7.11 Å². The van der Waals surface area contributed by atoms with Crippen LogP contribution in [0, 0.1) is 5.82 Å². The summed E-state index contributed by atoms with van der Waals surface area (Å²) >= 11 is 0. The predicted octanol–water partition coefficient (Wildman–Crippen LogP) is 2.20. The lowest BCUT2D eigenvalue weighted by atomic mass is 10.0. The van der Waals surface area contributed by atoms with Crippen LogP contribution in [0.25, 0.3) is 0 Å². The van der Waals surface area contributed by atoms with Crippen molar-refractivity contribution in [3.05, 3.63) is 29.1 Å². The number of halogens is 1. The number of rotatable bonds is 7. The monoisotopic (exact) mass is 269 g/mol. The first kappa shape index (κ1) is 15.6. The lowest BCUT2D eigenvalue weighted by molar-refractivity contribution is 0.101. The van der Waals surface area contributed by atoms with Gasteiger partial charge >= 0.3 is 0 Å². The highest BCUT2D eigenvalue weighted by molar-refractivity contribution is 5.97. The molecular weight excluding hydrogens is 249 g/mol. The van der Waals surface area contributed by atoms with Crippen molar-refractivity contribution in [2.45, 2.75) is 20.4 Å². The maximum atomic E-state index is 13.5. The Morgan fingerprint density at radius 2 is 2.16 bits per heavy atom. The van der Waals surface area contributed by atoms with Crippen LogP contribution < -0.4 is 0 Å². The number of methoxy groups -OCH3 is 1. The van der Waals surface area contributed by atoms with E-state index in [2.05, 4.69) is 0 Å². The van der Waals surface area contributed by atoms with Gasteiger partial charge in [0.2, 0.25) is 0 Å². The van der Waals surface area contributed by atoms with Gasteiger partial charge in [-0.15, -0.1) is 0 Å². The smallest absolute Gasteiger partial charge is 0.163 e. The Balaban J connectivity index is 2.96. The molecule has 0 aliphatic heterocycles. The minimum atomic E-state index is -0.513. The lowest BCUT2D eigenvalue weighted by Gasteiger charge is -2.21. The second-order valence-electron chi connectivity index (χ2n) is 4.38. The van der Waals surface area contributed by atoms with Crippen molar-refractivity contribution in [1.29, 1.82) is 0 Å². The number of phenols is 1. The zero-order chi connectivity index (χ0) is 14.4. The highest BCUT2D eigenvalue weighted by Gasteiger charge is 2.15. The molecule has 106 valence electrons. The van der Waals surface area contributed by atoms with Gasteiger partial charge in [-0.05, 0) is 25.6 Å². The summed E-state index contributed by atoms with van der Waals surface area (Å²) in [6, 6.07) is 2.32. The molecule has 0 amide bonds. The molecule has 0 radical (unpaired) electrons. The van der Waals surface area contributed by atoms with E-state index in [9.17, 15) is 14.3 Å². The number of benzene rings is 1. The number of hydrogen-bond donors (Lipinski definition) is 1. The fraction of sp³-hybridized carbons (Fsp3) is 0.500. The second-order valence-corrected chi connectivity index (χ2v) is 4.38. The first-order valence-electron chi connectivity index (χ1n) is 6.23. The lowest BCUT2D eigenvalue weighted by Crippen LogP contribution is -2.27. The van der Waals surface area contributed by atoms with Gasteiger partial charge in [0, 0.05) is 25.8 Å². The van der Waals surface area contributed by atoms with Crippen molar-refractivity contribution >= 4 is 5.78 Å². The standard InChI is InChI=1S/C14H20FNO3/c1-4-16(5-6-19-3)9-11-7-12(15)8-13(10(2)17)14(11)18/h7-8,18H,4-6,9H2,1-3H3. The third kappa shape index (κ3) is 4.29. The van der Waals surface area contributed by atoms with E-state index >= 15 is 0 Å². The maximum Gasteiger partial charge on any atom is 0.163 e.